The number of likely N-dealkylation sites (tertiary alicyclic amines) is 1. The van der Waals surface area contributed by atoms with Crippen LogP contribution in [0.1, 0.15) is 41.7 Å². The van der Waals surface area contributed by atoms with Crippen molar-refractivity contribution in [2.75, 3.05) is 13.1 Å². The van der Waals surface area contributed by atoms with Crippen LogP contribution in [-0.2, 0) is 16.1 Å². The van der Waals surface area contributed by atoms with Gasteiger partial charge in [0, 0.05) is 32.1 Å². The number of rotatable bonds is 6. The number of pyridine rings is 1. The van der Waals surface area contributed by atoms with E-state index in [9.17, 15) is 14.4 Å². The van der Waals surface area contributed by atoms with Crippen molar-refractivity contribution in [1.82, 2.24) is 20.5 Å². The van der Waals surface area contributed by atoms with E-state index in [1.165, 1.54) is 5.56 Å². The minimum Gasteiger partial charge on any atom is -0.474 e. The Morgan fingerprint density at radius 1 is 1.06 bits per heavy atom. The van der Waals surface area contributed by atoms with Gasteiger partial charge in [-0.05, 0) is 30.9 Å². The van der Waals surface area contributed by atoms with E-state index in [0.717, 1.165) is 32.5 Å². The largest absolute Gasteiger partial charge is 0.474 e. The summed E-state index contributed by atoms with van der Waals surface area (Å²) in [5, 5.41) is 4.87. The van der Waals surface area contributed by atoms with Crippen LogP contribution < -0.4 is 15.4 Å². The van der Waals surface area contributed by atoms with Gasteiger partial charge in [0.05, 0.1) is 0 Å². The van der Waals surface area contributed by atoms with Crippen LogP contribution in [0.25, 0.3) is 0 Å². The molecule has 0 radical (unpaired) electrons. The van der Waals surface area contributed by atoms with Gasteiger partial charge in [-0.25, -0.2) is 4.98 Å². The van der Waals surface area contributed by atoms with Gasteiger partial charge in [0.15, 0.2) is 0 Å². The average Bonchev–Trinajstić information content (AvgIpc) is 2.78. The zero-order chi connectivity index (χ0) is 21.6. The SMILES string of the molecule is O=C1CCC(NC(=O)c2cccc(OC3CCN(Cc4ccccc4)CC3)n2)C(=O)N1. The summed E-state index contributed by atoms with van der Waals surface area (Å²) in [5.74, 6) is -0.867. The molecular weight excluding hydrogens is 396 g/mol. The van der Waals surface area contributed by atoms with Gasteiger partial charge >= 0.3 is 0 Å². The van der Waals surface area contributed by atoms with E-state index in [4.69, 9.17) is 4.74 Å². The Morgan fingerprint density at radius 2 is 1.84 bits per heavy atom. The van der Waals surface area contributed by atoms with Crippen molar-refractivity contribution in [2.45, 2.75) is 44.4 Å². The first kappa shape index (κ1) is 21.0. The third-order valence-corrected chi connectivity index (χ3v) is 5.57. The van der Waals surface area contributed by atoms with Gasteiger partial charge in [0.25, 0.3) is 5.91 Å². The molecule has 0 spiro atoms. The maximum absolute atomic E-state index is 12.5. The maximum atomic E-state index is 12.5. The first-order valence-corrected chi connectivity index (χ1v) is 10.6. The molecule has 2 aromatic rings. The van der Waals surface area contributed by atoms with E-state index in [1.54, 1.807) is 18.2 Å². The number of aromatic nitrogens is 1. The molecule has 3 heterocycles. The molecule has 8 nitrogen and oxygen atoms in total. The van der Waals surface area contributed by atoms with Gasteiger partial charge in [-0.2, -0.15) is 0 Å². The number of ether oxygens (including phenoxy) is 1. The molecule has 4 rings (SSSR count). The highest BCUT2D eigenvalue weighted by atomic mass is 16.5. The average molecular weight is 422 g/mol. The number of hydrogen-bond acceptors (Lipinski definition) is 6. The van der Waals surface area contributed by atoms with Crippen LogP contribution in [0.15, 0.2) is 48.5 Å². The number of amides is 3. The van der Waals surface area contributed by atoms with Crippen LogP contribution in [0, 0.1) is 0 Å². The highest BCUT2D eigenvalue weighted by Crippen LogP contribution is 2.19. The lowest BCUT2D eigenvalue weighted by Crippen LogP contribution is -2.52. The van der Waals surface area contributed by atoms with E-state index in [1.807, 2.05) is 6.07 Å². The Labute approximate surface area is 181 Å². The van der Waals surface area contributed by atoms with Crippen molar-refractivity contribution in [1.29, 1.82) is 0 Å². The maximum Gasteiger partial charge on any atom is 0.270 e. The number of hydrogen-bond donors (Lipinski definition) is 2. The molecule has 162 valence electrons. The smallest absolute Gasteiger partial charge is 0.270 e. The summed E-state index contributed by atoms with van der Waals surface area (Å²) in [6, 6.07) is 14.7. The number of carbonyl (C=O) groups is 3. The van der Waals surface area contributed by atoms with E-state index in [0.29, 0.717) is 5.88 Å². The Morgan fingerprint density at radius 3 is 2.58 bits per heavy atom. The van der Waals surface area contributed by atoms with Crippen LogP contribution in [0.2, 0.25) is 0 Å². The first-order valence-electron chi connectivity index (χ1n) is 10.6. The zero-order valence-electron chi connectivity index (χ0n) is 17.3. The number of nitrogens with zero attached hydrogens (tertiary/aromatic N) is 2. The fourth-order valence-corrected chi connectivity index (χ4v) is 3.87. The Bertz CT molecular complexity index is 942. The summed E-state index contributed by atoms with van der Waals surface area (Å²) in [5.41, 5.74) is 1.49. The molecule has 1 aromatic heterocycles. The number of imide groups is 1. The molecule has 3 amide bonds. The monoisotopic (exact) mass is 422 g/mol. The predicted molar refractivity (Wildman–Crippen MR) is 113 cm³/mol. The Balaban J connectivity index is 1.28. The van der Waals surface area contributed by atoms with Crippen LogP contribution in [0.4, 0.5) is 0 Å². The van der Waals surface area contributed by atoms with E-state index in [2.05, 4.69) is 44.8 Å². The molecule has 2 aliphatic heterocycles. The number of piperidine rings is 2. The summed E-state index contributed by atoms with van der Waals surface area (Å²) in [6.07, 6.45) is 2.32. The molecule has 2 aliphatic rings. The molecule has 0 aliphatic carbocycles. The molecule has 2 fully saturated rings. The Kier molecular flexibility index (Phi) is 6.57. The summed E-state index contributed by atoms with van der Waals surface area (Å²) in [6.45, 7) is 2.81. The highest BCUT2D eigenvalue weighted by molar-refractivity contribution is 6.03. The highest BCUT2D eigenvalue weighted by Gasteiger charge is 2.28. The molecule has 0 bridgehead atoms. The molecule has 2 N–H and O–H groups in total. The predicted octanol–water partition coefficient (Wildman–Crippen LogP) is 1.66. The van der Waals surface area contributed by atoms with E-state index < -0.39 is 17.9 Å². The normalized spacial score (nSPS) is 20.2. The summed E-state index contributed by atoms with van der Waals surface area (Å²) >= 11 is 0. The van der Waals surface area contributed by atoms with Crippen LogP contribution >= 0.6 is 0 Å². The van der Waals surface area contributed by atoms with E-state index in [-0.39, 0.29) is 30.5 Å². The quantitative estimate of drug-likeness (QED) is 0.687. The molecule has 1 atom stereocenters. The molecule has 0 saturated carbocycles. The molecular formula is C23H26N4O4. The topological polar surface area (TPSA) is 101 Å². The fourth-order valence-electron chi connectivity index (χ4n) is 3.87. The number of nitrogens with one attached hydrogen (secondary N) is 2. The lowest BCUT2D eigenvalue weighted by Gasteiger charge is -2.31. The lowest BCUT2D eigenvalue weighted by atomic mass is 10.1. The second-order valence-electron chi connectivity index (χ2n) is 7.92. The summed E-state index contributed by atoms with van der Waals surface area (Å²) in [7, 11) is 0. The molecule has 2 saturated heterocycles. The Hall–Kier alpha value is -3.26. The summed E-state index contributed by atoms with van der Waals surface area (Å²) < 4.78 is 6.03. The van der Waals surface area contributed by atoms with Gasteiger partial charge in [-0.1, -0.05) is 36.4 Å². The van der Waals surface area contributed by atoms with E-state index >= 15 is 0 Å². The van der Waals surface area contributed by atoms with Crippen LogP contribution in [0.5, 0.6) is 5.88 Å². The van der Waals surface area contributed by atoms with Gasteiger partial charge < -0.3 is 10.1 Å². The number of carbonyl (C=O) groups excluding carboxylic acids is 3. The van der Waals surface area contributed by atoms with Gasteiger partial charge in [-0.15, -0.1) is 0 Å². The first-order chi connectivity index (χ1) is 15.1. The third-order valence-electron chi connectivity index (χ3n) is 5.57. The minimum atomic E-state index is -0.731. The molecule has 1 aromatic carbocycles. The standard InChI is InChI=1S/C23H26N4O4/c28-20-10-9-19(23(30)26-20)25-22(29)18-7-4-8-21(24-18)31-17-11-13-27(14-12-17)15-16-5-2-1-3-6-16/h1-8,17,19H,9-15H2,(H,25,29)(H,26,28,30). The molecule has 31 heavy (non-hydrogen) atoms. The second kappa shape index (κ2) is 9.70. The lowest BCUT2D eigenvalue weighted by molar-refractivity contribution is -0.134. The summed E-state index contributed by atoms with van der Waals surface area (Å²) in [4.78, 5) is 42.3. The minimum absolute atomic E-state index is 0.0490. The molecule has 8 heteroatoms. The van der Waals surface area contributed by atoms with Crippen molar-refractivity contribution < 1.29 is 19.1 Å². The van der Waals surface area contributed by atoms with Crippen molar-refractivity contribution in [2.24, 2.45) is 0 Å². The van der Waals surface area contributed by atoms with Crippen LogP contribution in [0.3, 0.4) is 0 Å². The zero-order valence-corrected chi connectivity index (χ0v) is 17.3. The van der Waals surface area contributed by atoms with Crippen molar-refractivity contribution in [3.8, 4) is 5.88 Å². The van der Waals surface area contributed by atoms with Crippen molar-refractivity contribution >= 4 is 17.7 Å². The second-order valence-corrected chi connectivity index (χ2v) is 7.92. The van der Waals surface area contributed by atoms with Gasteiger partial charge in [0.2, 0.25) is 17.7 Å². The fraction of sp³-hybridized carbons (Fsp3) is 0.391. The van der Waals surface area contributed by atoms with Crippen molar-refractivity contribution in [3.63, 3.8) is 0 Å². The van der Waals surface area contributed by atoms with Crippen molar-refractivity contribution in [3.05, 3.63) is 59.8 Å². The molecule has 1 unspecified atom stereocenters. The van der Waals surface area contributed by atoms with Gasteiger partial charge in [0.1, 0.15) is 17.8 Å². The third kappa shape index (κ3) is 5.67. The van der Waals surface area contributed by atoms with Gasteiger partial charge in [-0.3, -0.25) is 24.6 Å². The van der Waals surface area contributed by atoms with Crippen LogP contribution in [-0.4, -0.2) is 52.8 Å². The number of benzene rings is 1.